The zero-order chi connectivity index (χ0) is 33.7. The molecular weight excluding hydrogens is 626 g/mol. The number of Topliss-reactive ketones (excluding diaryl/α,β-unsaturated/α-hetero) is 2. The number of aryl methyl sites for hydroxylation is 2. The standard InChI is InChI=1S/C22H27ClN2O4S.C9H11NO3S/c1-12(2)18-9-16(23)10-19(13(3)4)21(18)24-22(27)25-30(28,29)17-8-7-14(5)20(11-17)15(6)26;1-6-3-4-8(14(10,12)13)5-9(6)7(2)11/h7-13H,1-6H3,(H2,24,25,27);3-5H,1-2H3,(H2,10,12,13). The van der Waals surface area contributed by atoms with Crippen LogP contribution in [0.1, 0.15) is 96.3 Å². The fourth-order valence-electron chi connectivity index (χ4n) is 4.33. The molecule has 0 spiro atoms. The van der Waals surface area contributed by atoms with Crippen molar-refractivity contribution in [3.05, 3.63) is 86.9 Å². The molecule has 0 heterocycles. The van der Waals surface area contributed by atoms with Crippen molar-refractivity contribution in [3.8, 4) is 0 Å². The molecule has 2 amide bonds. The molecule has 0 saturated heterocycles. The number of sulfonamides is 2. The van der Waals surface area contributed by atoms with Crippen LogP contribution in [0.3, 0.4) is 0 Å². The SMILES string of the molecule is CC(=O)c1cc(S(=O)(=O)NC(=O)Nc2c(C(C)C)cc(Cl)cc2C(C)C)ccc1C.CC(=O)c1cc(S(N)(=O)=O)ccc1C. The summed E-state index contributed by atoms with van der Waals surface area (Å²) in [6, 6.07) is 11.1. The molecule has 4 N–H and O–H groups in total. The van der Waals surface area contributed by atoms with Gasteiger partial charge in [0.2, 0.25) is 10.0 Å². The van der Waals surface area contributed by atoms with E-state index in [2.05, 4.69) is 5.32 Å². The fourth-order valence-corrected chi connectivity index (χ4v) is 6.04. The summed E-state index contributed by atoms with van der Waals surface area (Å²) in [6.45, 7) is 14.1. The molecule has 0 aliphatic rings. The number of hydrogen-bond donors (Lipinski definition) is 3. The van der Waals surface area contributed by atoms with Gasteiger partial charge in [0.1, 0.15) is 0 Å². The van der Waals surface area contributed by atoms with E-state index < -0.39 is 26.1 Å². The van der Waals surface area contributed by atoms with Crippen molar-refractivity contribution in [1.82, 2.24) is 4.72 Å². The number of carbonyl (C=O) groups is 3. The van der Waals surface area contributed by atoms with E-state index >= 15 is 0 Å². The minimum Gasteiger partial charge on any atom is -0.307 e. The number of halogens is 1. The molecule has 13 heteroatoms. The maximum Gasteiger partial charge on any atom is 0.333 e. The fraction of sp³-hybridized carbons (Fsp3) is 0.323. The van der Waals surface area contributed by atoms with Gasteiger partial charge in [-0.2, -0.15) is 0 Å². The van der Waals surface area contributed by atoms with Crippen LogP contribution < -0.4 is 15.2 Å². The number of rotatable bonds is 8. The topological polar surface area (TPSA) is 170 Å². The summed E-state index contributed by atoms with van der Waals surface area (Å²) >= 11 is 6.23. The molecule has 3 aromatic carbocycles. The highest BCUT2D eigenvalue weighted by atomic mass is 35.5. The largest absolute Gasteiger partial charge is 0.333 e. The summed E-state index contributed by atoms with van der Waals surface area (Å²) in [7, 11) is -7.89. The van der Waals surface area contributed by atoms with Gasteiger partial charge >= 0.3 is 6.03 Å². The Kier molecular flexibility index (Phi) is 12.0. The minimum absolute atomic E-state index is 0.0340. The Hall–Kier alpha value is -3.58. The third-order valence-electron chi connectivity index (χ3n) is 6.69. The number of nitrogens with one attached hydrogen (secondary N) is 2. The molecule has 0 unspecified atom stereocenters. The second kappa shape index (κ2) is 14.5. The second-order valence-electron chi connectivity index (χ2n) is 10.9. The van der Waals surface area contributed by atoms with E-state index in [-0.39, 0.29) is 33.2 Å². The molecule has 44 heavy (non-hydrogen) atoms. The molecule has 10 nitrogen and oxygen atoms in total. The first-order valence-corrected chi connectivity index (χ1v) is 17.0. The maximum absolute atomic E-state index is 12.7. The highest BCUT2D eigenvalue weighted by Gasteiger charge is 2.23. The first kappa shape index (κ1) is 36.6. The Morgan fingerprint density at radius 3 is 1.52 bits per heavy atom. The van der Waals surface area contributed by atoms with Crippen molar-refractivity contribution in [2.45, 2.75) is 77.0 Å². The summed E-state index contributed by atoms with van der Waals surface area (Å²) in [4.78, 5) is 35.3. The van der Waals surface area contributed by atoms with Crippen molar-refractivity contribution in [2.24, 2.45) is 5.14 Å². The van der Waals surface area contributed by atoms with Gasteiger partial charge in [0.25, 0.3) is 10.0 Å². The lowest BCUT2D eigenvalue weighted by molar-refractivity contribution is 0.100. The van der Waals surface area contributed by atoms with Gasteiger partial charge in [-0.15, -0.1) is 0 Å². The van der Waals surface area contributed by atoms with Gasteiger partial charge in [-0.25, -0.2) is 31.5 Å². The van der Waals surface area contributed by atoms with Gasteiger partial charge in [-0.3, -0.25) is 9.59 Å². The maximum atomic E-state index is 12.7. The van der Waals surface area contributed by atoms with Crippen LogP contribution >= 0.6 is 11.6 Å². The molecule has 0 aromatic heterocycles. The van der Waals surface area contributed by atoms with Crippen LogP contribution in [-0.2, 0) is 20.0 Å². The average molecular weight is 664 g/mol. The number of anilines is 1. The molecule has 0 bridgehead atoms. The minimum atomic E-state index is -4.17. The average Bonchev–Trinajstić information content (AvgIpc) is 2.88. The lowest BCUT2D eigenvalue weighted by atomic mass is 9.92. The zero-order valence-corrected chi connectivity index (χ0v) is 28.3. The van der Waals surface area contributed by atoms with Crippen LogP contribution in [0.25, 0.3) is 0 Å². The summed E-state index contributed by atoms with van der Waals surface area (Å²) in [5, 5.41) is 8.18. The van der Waals surface area contributed by atoms with Crippen LogP contribution in [0.15, 0.2) is 58.3 Å². The van der Waals surface area contributed by atoms with Crippen LogP contribution in [-0.4, -0.2) is 34.4 Å². The van der Waals surface area contributed by atoms with E-state index in [4.69, 9.17) is 16.7 Å². The number of hydrogen-bond acceptors (Lipinski definition) is 7. The molecule has 0 aliphatic carbocycles. The third-order valence-corrected chi connectivity index (χ3v) is 9.15. The van der Waals surface area contributed by atoms with E-state index in [9.17, 15) is 31.2 Å². The first-order chi connectivity index (χ1) is 20.1. The normalized spacial score (nSPS) is 11.5. The van der Waals surface area contributed by atoms with Crippen LogP contribution in [0.5, 0.6) is 0 Å². The monoisotopic (exact) mass is 663 g/mol. The smallest absolute Gasteiger partial charge is 0.307 e. The van der Waals surface area contributed by atoms with Crippen LogP contribution in [0.2, 0.25) is 5.02 Å². The van der Waals surface area contributed by atoms with E-state index in [0.29, 0.717) is 27.4 Å². The summed E-state index contributed by atoms with van der Waals surface area (Å²) in [5.74, 6) is -0.307. The molecule has 3 aromatic rings. The van der Waals surface area contributed by atoms with Crippen molar-refractivity contribution in [3.63, 3.8) is 0 Å². The molecule has 0 radical (unpaired) electrons. The zero-order valence-electron chi connectivity index (χ0n) is 25.9. The van der Waals surface area contributed by atoms with Crippen molar-refractivity contribution < 1.29 is 31.2 Å². The van der Waals surface area contributed by atoms with Crippen molar-refractivity contribution >= 4 is 54.9 Å². The molecule has 0 aliphatic heterocycles. The highest BCUT2D eigenvalue weighted by Crippen LogP contribution is 2.35. The van der Waals surface area contributed by atoms with Gasteiger partial charge in [0, 0.05) is 21.8 Å². The van der Waals surface area contributed by atoms with Gasteiger partial charge in [0.15, 0.2) is 11.6 Å². The Bertz CT molecular complexity index is 1790. The number of benzene rings is 3. The highest BCUT2D eigenvalue weighted by molar-refractivity contribution is 7.90. The lowest BCUT2D eigenvalue weighted by Gasteiger charge is -2.21. The Morgan fingerprint density at radius 1 is 0.727 bits per heavy atom. The third kappa shape index (κ3) is 9.46. The number of amides is 2. The Morgan fingerprint density at radius 2 is 1.14 bits per heavy atom. The summed E-state index contributed by atoms with van der Waals surface area (Å²) < 4.78 is 49.4. The number of nitrogens with two attached hydrogens (primary N) is 1. The molecular formula is C31H38ClN3O7S2. The van der Waals surface area contributed by atoms with Crippen molar-refractivity contribution in [2.75, 3.05) is 5.32 Å². The Labute approximate surface area is 264 Å². The van der Waals surface area contributed by atoms with E-state index in [1.807, 2.05) is 32.4 Å². The van der Waals surface area contributed by atoms with Crippen molar-refractivity contribution in [1.29, 1.82) is 0 Å². The second-order valence-corrected chi connectivity index (χ2v) is 14.6. The summed E-state index contributed by atoms with van der Waals surface area (Å²) in [5.41, 5.74) is 4.25. The predicted octanol–water partition coefficient (Wildman–Crippen LogP) is 6.45. The lowest BCUT2D eigenvalue weighted by Crippen LogP contribution is -2.35. The van der Waals surface area contributed by atoms with E-state index in [1.165, 1.54) is 44.2 Å². The first-order valence-electron chi connectivity index (χ1n) is 13.6. The number of primary sulfonamides is 1. The quantitative estimate of drug-likeness (QED) is 0.232. The number of ketones is 2. The van der Waals surface area contributed by atoms with Crippen LogP contribution in [0, 0.1) is 13.8 Å². The van der Waals surface area contributed by atoms with Gasteiger partial charge in [-0.1, -0.05) is 51.4 Å². The summed E-state index contributed by atoms with van der Waals surface area (Å²) in [6.07, 6.45) is 0. The van der Waals surface area contributed by atoms with E-state index in [0.717, 1.165) is 16.7 Å². The number of carbonyl (C=O) groups excluding carboxylic acids is 3. The Balaban J connectivity index is 0.000000402. The molecule has 0 atom stereocenters. The molecule has 0 fully saturated rings. The number of urea groups is 1. The van der Waals surface area contributed by atoms with E-state index in [1.54, 1.807) is 32.0 Å². The molecule has 238 valence electrons. The van der Waals surface area contributed by atoms with Gasteiger partial charge in [-0.05, 0) is 98.2 Å². The van der Waals surface area contributed by atoms with Gasteiger partial charge < -0.3 is 5.32 Å². The predicted molar refractivity (Wildman–Crippen MR) is 173 cm³/mol. The molecule has 3 rings (SSSR count). The van der Waals surface area contributed by atoms with Gasteiger partial charge in [0.05, 0.1) is 9.79 Å². The molecule has 0 saturated carbocycles. The van der Waals surface area contributed by atoms with Crippen LogP contribution in [0.4, 0.5) is 10.5 Å².